The van der Waals surface area contributed by atoms with Gasteiger partial charge in [0.15, 0.2) is 0 Å². The molecule has 0 radical (unpaired) electrons. The average Bonchev–Trinajstić information content (AvgIpc) is 2.33. The zero-order valence-electron chi connectivity index (χ0n) is 9.59. The molecular formula is C13H14N2OS. The summed E-state index contributed by atoms with van der Waals surface area (Å²) in [6, 6.07) is 11.2. The van der Waals surface area contributed by atoms with E-state index in [1.54, 1.807) is 12.3 Å². The van der Waals surface area contributed by atoms with Crippen LogP contribution in [0.25, 0.3) is 0 Å². The molecule has 0 amide bonds. The molecule has 2 N–H and O–H groups in total. The summed E-state index contributed by atoms with van der Waals surface area (Å²) < 4.78 is 12.2. The van der Waals surface area contributed by atoms with E-state index in [0.717, 1.165) is 11.3 Å². The number of aromatic nitrogens is 1. The third-order valence-corrected chi connectivity index (χ3v) is 3.82. The molecule has 0 fully saturated rings. The lowest BCUT2D eigenvalue weighted by Crippen LogP contribution is -2.02. The Balaban J connectivity index is 2.23. The highest BCUT2D eigenvalue weighted by atomic mass is 32.2. The Morgan fingerprint density at radius 1 is 1.29 bits per heavy atom. The number of rotatable bonds is 3. The van der Waals surface area contributed by atoms with E-state index in [2.05, 4.69) is 4.98 Å². The van der Waals surface area contributed by atoms with Crippen molar-refractivity contribution in [3.63, 3.8) is 0 Å². The number of hydrogen-bond acceptors (Lipinski definition) is 3. The van der Waals surface area contributed by atoms with Crippen LogP contribution in [-0.2, 0) is 16.6 Å². The molecule has 0 aliphatic heterocycles. The van der Waals surface area contributed by atoms with Crippen molar-refractivity contribution in [1.82, 2.24) is 4.98 Å². The van der Waals surface area contributed by atoms with Gasteiger partial charge in [-0.2, -0.15) is 0 Å². The minimum Gasteiger partial charge on any atom is -0.398 e. The van der Waals surface area contributed by atoms with E-state index in [9.17, 15) is 4.21 Å². The van der Waals surface area contributed by atoms with Gasteiger partial charge in [0.05, 0.1) is 27.1 Å². The molecule has 0 aliphatic carbocycles. The number of aryl methyl sites for hydroxylation is 1. The minimum absolute atomic E-state index is 0.397. The first-order valence-corrected chi connectivity index (χ1v) is 6.63. The fraction of sp³-hybridized carbons (Fsp3) is 0.154. The normalized spacial score (nSPS) is 12.3. The van der Waals surface area contributed by atoms with Crippen molar-refractivity contribution in [2.24, 2.45) is 0 Å². The predicted molar refractivity (Wildman–Crippen MR) is 69.9 cm³/mol. The minimum atomic E-state index is -1.14. The Labute approximate surface area is 103 Å². The van der Waals surface area contributed by atoms with Crippen LogP contribution in [0, 0.1) is 6.92 Å². The molecule has 4 heteroatoms. The number of nitrogen functional groups attached to an aromatic ring is 1. The largest absolute Gasteiger partial charge is 0.398 e. The molecule has 0 aliphatic rings. The number of nitrogens with two attached hydrogens (primary N) is 1. The van der Waals surface area contributed by atoms with Gasteiger partial charge in [-0.15, -0.1) is 0 Å². The summed E-state index contributed by atoms with van der Waals surface area (Å²) in [6.07, 6.45) is 1.70. The molecule has 3 nitrogen and oxygen atoms in total. The first kappa shape index (κ1) is 11.8. The van der Waals surface area contributed by atoms with Crippen LogP contribution in [0.3, 0.4) is 0 Å². The quantitative estimate of drug-likeness (QED) is 0.845. The smallest absolute Gasteiger partial charge is 0.0706 e. The Morgan fingerprint density at radius 3 is 2.82 bits per heavy atom. The van der Waals surface area contributed by atoms with Crippen molar-refractivity contribution in [2.45, 2.75) is 17.6 Å². The van der Waals surface area contributed by atoms with Crippen molar-refractivity contribution < 1.29 is 4.21 Å². The molecule has 0 bridgehead atoms. The van der Waals surface area contributed by atoms with Gasteiger partial charge in [-0.1, -0.05) is 12.1 Å². The summed E-state index contributed by atoms with van der Waals surface area (Å²) in [7, 11) is -1.14. The molecule has 1 heterocycles. The maximum atomic E-state index is 12.2. The predicted octanol–water partition coefficient (Wildman–Crippen LogP) is 2.28. The summed E-state index contributed by atoms with van der Waals surface area (Å²) in [6.45, 7) is 1.96. The fourth-order valence-corrected chi connectivity index (χ4v) is 2.78. The van der Waals surface area contributed by atoms with Gasteiger partial charge in [-0.3, -0.25) is 9.19 Å². The van der Waals surface area contributed by atoms with Crippen LogP contribution in [0.2, 0.25) is 0 Å². The SMILES string of the molecule is Cc1ccc(N)c(S(=O)Cc2ccccn2)c1. The van der Waals surface area contributed by atoms with E-state index < -0.39 is 10.8 Å². The highest BCUT2D eigenvalue weighted by Crippen LogP contribution is 2.20. The highest BCUT2D eigenvalue weighted by molar-refractivity contribution is 7.84. The van der Waals surface area contributed by atoms with E-state index in [0.29, 0.717) is 16.3 Å². The molecule has 1 aromatic carbocycles. The monoisotopic (exact) mass is 246 g/mol. The van der Waals surface area contributed by atoms with Crippen LogP contribution in [0.4, 0.5) is 5.69 Å². The van der Waals surface area contributed by atoms with Gasteiger partial charge >= 0.3 is 0 Å². The Hall–Kier alpha value is -1.68. The Kier molecular flexibility index (Phi) is 3.54. The van der Waals surface area contributed by atoms with Crippen molar-refractivity contribution in [1.29, 1.82) is 0 Å². The molecule has 88 valence electrons. The maximum absolute atomic E-state index is 12.2. The standard InChI is InChI=1S/C13H14N2OS/c1-10-5-6-12(14)13(8-10)17(16)9-11-4-2-3-7-15-11/h2-8H,9,14H2,1H3. The van der Waals surface area contributed by atoms with Gasteiger partial charge in [0, 0.05) is 11.9 Å². The average molecular weight is 246 g/mol. The van der Waals surface area contributed by atoms with Crippen LogP contribution in [-0.4, -0.2) is 9.19 Å². The maximum Gasteiger partial charge on any atom is 0.0706 e. The molecule has 17 heavy (non-hydrogen) atoms. The van der Waals surface area contributed by atoms with Gasteiger partial charge in [0.1, 0.15) is 0 Å². The molecule has 2 aromatic rings. The van der Waals surface area contributed by atoms with Crippen molar-refractivity contribution >= 4 is 16.5 Å². The number of anilines is 1. The van der Waals surface area contributed by atoms with E-state index >= 15 is 0 Å². The zero-order valence-corrected chi connectivity index (χ0v) is 10.4. The number of hydrogen-bond donors (Lipinski definition) is 1. The summed E-state index contributed by atoms with van der Waals surface area (Å²) in [5, 5.41) is 0. The second-order valence-electron chi connectivity index (χ2n) is 3.85. The van der Waals surface area contributed by atoms with Gasteiger partial charge < -0.3 is 5.73 Å². The molecule has 1 atom stereocenters. The molecule has 0 saturated carbocycles. The van der Waals surface area contributed by atoms with Gasteiger partial charge in [-0.25, -0.2) is 0 Å². The second-order valence-corrected chi connectivity index (χ2v) is 5.27. The van der Waals surface area contributed by atoms with Crippen molar-refractivity contribution in [3.8, 4) is 0 Å². The lowest BCUT2D eigenvalue weighted by Gasteiger charge is -2.06. The van der Waals surface area contributed by atoms with Crippen LogP contribution in [0.1, 0.15) is 11.3 Å². The summed E-state index contributed by atoms with van der Waals surface area (Å²) >= 11 is 0. The molecular weight excluding hydrogens is 232 g/mol. The number of benzene rings is 1. The van der Waals surface area contributed by atoms with Crippen LogP contribution in [0.5, 0.6) is 0 Å². The molecule has 2 rings (SSSR count). The first-order valence-electron chi connectivity index (χ1n) is 5.31. The van der Waals surface area contributed by atoms with E-state index in [1.165, 1.54) is 0 Å². The second kappa shape index (κ2) is 5.10. The first-order chi connectivity index (χ1) is 8.16. The Bertz CT molecular complexity index is 540. The van der Waals surface area contributed by atoms with Crippen molar-refractivity contribution in [2.75, 3.05) is 5.73 Å². The summed E-state index contributed by atoms with van der Waals surface area (Å²) in [5.74, 6) is 0.397. The summed E-state index contributed by atoms with van der Waals surface area (Å²) in [4.78, 5) is 4.85. The molecule has 1 unspecified atom stereocenters. The fourth-order valence-electron chi connectivity index (χ4n) is 1.53. The van der Waals surface area contributed by atoms with Crippen molar-refractivity contribution in [3.05, 3.63) is 53.9 Å². The van der Waals surface area contributed by atoms with Gasteiger partial charge in [0.25, 0.3) is 0 Å². The Morgan fingerprint density at radius 2 is 2.12 bits per heavy atom. The lowest BCUT2D eigenvalue weighted by atomic mass is 10.2. The highest BCUT2D eigenvalue weighted by Gasteiger charge is 2.09. The van der Waals surface area contributed by atoms with Crippen LogP contribution in [0.15, 0.2) is 47.5 Å². The van der Waals surface area contributed by atoms with Gasteiger partial charge in [0.2, 0.25) is 0 Å². The third-order valence-electron chi connectivity index (χ3n) is 2.42. The molecule has 1 aromatic heterocycles. The van der Waals surface area contributed by atoms with E-state index in [1.807, 2.05) is 37.3 Å². The van der Waals surface area contributed by atoms with Crippen LogP contribution < -0.4 is 5.73 Å². The summed E-state index contributed by atoms with van der Waals surface area (Å²) in [5.41, 5.74) is 8.28. The molecule has 0 saturated heterocycles. The van der Waals surface area contributed by atoms with Gasteiger partial charge in [-0.05, 0) is 36.8 Å². The molecule has 0 spiro atoms. The zero-order chi connectivity index (χ0) is 12.3. The van der Waals surface area contributed by atoms with E-state index in [4.69, 9.17) is 5.73 Å². The van der Waals surface area contributed by atoms with E-state index in [-0.39, 0.29) is 0 Å². The van der Waals surface area contributed by atoms with Crippen LogP contribution >= 0.6 is 0 Å². The lowest BCUT2D eigenvalue weighted by molar-refractivity contribution is 0.682. The number of nitrogens with zero attached hydrogens (tertiary/aromatic N) is 1. The number of pyridine rings is 1. The third kappa shape index (κ3) is 2.91. The topological polar surface area (TPSA) is 56.0 Å².